The van der Waals surface area contributed by atoms with Crippen LogP contribution in [0, 0.1) is 5.92 Å². The molecule has 1 aliphatic rings. The lowest BCUT2D eigenvalue weighted by molar-refractivity contribution is 0.140. The Bertz CT molecular complexity index is 370. The summed E-state index contributed by atoms with van der Waals surface area (Å²) >= 11 is 0. The summed E-state index contributed by atoms with van der Waals surface area (Å²) in [4.78, 5) is 16.2. The summed E-state index contributed by atoms with van der Waals surface area (Å²) in [6, 6.07) is 0.603. The molecule has 1 aliphatic carbocycles. The standard InChI is InChI=1S/C19H37BN2O/c1-15(2)21(5)18(23)22(6)16(3)13-17-11-9-7-8-10-12-19(4,20)14-17/h15-17H,7-14H2,1-6H3. The van der Waals surface area contributed by atoms with Gasteiger partial charge < -0.3 is 9.80 Å². The third-order valence-corrected chi connectivity index (χ3v) is 5.58. The molecule has 0 bridgehead atoms. The van der Waals surface area contributed by atoms with Crippen LogP contribution in [0.15, 0.2) is 0 Å². The van der Waals surface area contributed by atoms with Crippen molar-refractivity contribution in [2.45, 2.75) is 96.5 Å². The Morgan fingerprint density at radius 2 is 1.74 bits per heavy atom. The lowest BCUT2D eigenvalue weighted by atomic mass is 9.62. The van der Waals surface area contributed by atoms with Crippen LogP contribution >= 0.6 is 0 Å². The highest BCUT2D eigenvalue weighted by Crippen LogP contribution is 2.40. The minimum atomic E-state index is -0.0496. The number of rotatable bonds is 4. The minimum Gasteiger partial charge on any atom is -0.325 e. The van der Waals surface area contributed by atoms with Gasteiger partial charge in [0.05, 0.1) is 7.85 Å². The second kappa shape index (κ2) is 8.99. The Morgan fingerprint density at radius 1 is 1.13 bits per heavy atom. The first-order valence-electron chi connectivity index (χ1n) is 9.42. The van der Waals surface area contributed by atoms with Crippen LogP contribution in [-0.4, -0.2) is 49.9 Å². The molecule has 0 spiro atoms. The maximum Gasteiger partial charge on any atom is 0.319 e. The van der Waals surface area contributed by atoms with E-state index in [0.717, 1.165) is 19.3 Å². The van der Waals surface area contributed by atoms with E-state index in [1.165, 1.54) is 32.1 Å². The summed E-state index contributed by atoms with van der Waals surface area (Å²) in [5.74, 6) is 0.623. The smallest absolute Gasteiger partial charge is 0.319 e. The second-order valence-electron chi connectivity index (χ2n) is 8.36. The molecule has 1 fully saturated rings. The molecule has 4 heteroatoms. The third-order valence-electron chi connectivity index (χ3n) is 5.58. The molecule has 2 amide bonds. The van der Waals surface area contributed by atoms with E-state index in [4.69, 9.17) is 7.85 Å². The Morgan fingerprint density at radius 3 is 2.35 bits per heavy atom. The highest BCUT2D eigenvalue weighted by molar-refractivity contribution is 6.14. The topological polar surface area (TPSA) is 23.6 Å². The maximum atomic E-state index is 12.5. The fraction of sp³-hybridized carbons (Fsp3) is 0.947. The van der Waals surface area contributed by atoms with Gasteiger partial charge >= 0.3 is 6.03 Å². The molecule has 132 valence electrons. The van der Waals surface area contributed by atoms with Crippen LogP contribution in [0.4, 0.5) is 4.79 Å². The molecule has 0 aromatic carbocycles. The molecule has 0 heterocycles. The summed E-state index contributed by atoms with van der Waals surface area (Å²) in [7, 11) is 10.3. The van der Waals surface area contributed by atoms with Gasteiger partial charge in [-0.25, -0.2) is 4.79 Å². The first kappa shape index (κ1) is 20.4. The van der Waals surface area contributed by atoms with Crippen molar-refractivity contribution in [1.82, 2.24) is 9.80 Å². The molecule has 3 unspecified atom stereocenters. The van der Waals surface area contributed by atoms with Gasteiger partial charge in [0.25, 0.3) is 0 Å². The van der Waals surface area contributed by atoms with Gasteiger partial charge in [-0.15, -0.1) is 0 Å². The SMILES string of the molecule is [B]C1(C)CCCCCCC(CC(C)N(C)C(=O)N(C)C(C)C)C1. The fourth-order valence-electron chi connectivity index (χ4n) is 3.68. The van der Waals surface area contributed by atoms with Gasteiger partial charge in [-0.2, -0.15) is 0 Å². The molecular weight excluding hydrogens is 283 g/mol. The van der Waals surface area contributed by atoms with Crippen LogP contribution in [0.1, 0.15) is 79.1 Å². The van der Waals surface area contributed by atoms with Crippen molar-refractivity contribution in [2.24, 2.45) is 5.92 Å². The number of nitrogens with zero attached hydrogens (tertiary/aromatic N) is 2. The van der Waals surface area contributed by atoms with Gasteiger partial charge in [-0.05, 0) is 33.1 Å². The fourth-order valence-corrected chi connectivity index (χ4v) is 3.68. The van der Waals surface area contributed by atoms with Gasteiger partial charge in [0, 0.05) is 26.2 Å². The molecular formula is C19H37BN2O. The molecule has 0 saturated heterocycles. The zero-order chi connectivity index (χ0) is 17.6. The van der Waals surface area contributed by atoms with E-state index in [1.54, 1.807) is 0 Å². The van der Waals surface area contributed by atoms with Crippen LogP contribution in [0.25, 0.3) is 0 Å². The van der Waals surface area contributed by atoms with Gasteiger partial charge in [-0.1, -0.05) is 57.2 Å². The van der Waals surface area contributed by atoms with E-state index in [9.17, 15) is 4.79 Å². The van der Waals surface area contributed by atoms with Gasteiger partial charge in [0.2, 0.25) is 0 Å². The quantitative estimate of drug-likeness (QED) is 0.678. The van der Waals surface area contributed by atoms with Crippen molar-refractivity contribution >= 4 is 13.9 Å². The Hall–Kier alpha value is -0.665. The molecule has 1 saturated carbocycles. The molecule has 2 radical (unpaired) electrons. The van der Waals surface area contributed by atoms with Crippen LogP contribution in [0.5, 0.6) is 0 Å². The van der Waals surface area contributed by atoms with E-state index < -0.39 is 0 Å². The largest absolute Gasteiger partial charge is 0.325 e. The molecule has 1 rings (SSSR count). The first-order chi connectivity index (χ1) is 10.6. The molecule has 23 heavy (non-hydrogen) atoms. The van der Waals surface area contributed by atoms with Crippen molar-refractivity contribution in [1.29, 1.82) is 0 Å². The van der Waals surface area contributed by atoms with Crippen molar-refractivity contribution < 1.29 is 4.79 Å². The molecule has 0 N–H and O–H groups in total. The second-order valence-corrected chi connectivity index (χ2v) is 8.36. The van der Waals surface area contributed by atoms with E-state index in [-0.39, 0.29) is 23.4 Å². The third kappa shape index (κ3) is 6.77. The first-order valence-corrected chi connectivity index (χ1v) is 9.42. The molecule has 0 aliphatic heterocycles. The van der Waals surface area contributed by atoms with Crippen molar-refractivity contribution in [3.8, 4) is 0 Å². The average Bonchev–Trinajstić information content (AvgIpc) is 2.54. The number of hydrogen-bond donors (Lipinski definition) is 0. The van der Waals surface area contributed by atoms with E-state index in [2.05, 4.69) is 27.7 Å². The zero-order valence-corrected chi connectivity index (χ0v) is 16.3. The minimum absolute atomic E-state index is 0.0496. The van der Waals surface area contributed by atoms with E-state index in [0.29, 0.717) is 5.92 Å². The van der Waals surface area contributed by atoms with Gasteiger partial charge in [0.15, 0.2) is 0 Å². The van der Waals surface area contributed by atoms with E-state index >= 15 is 0 Å². The molecule has 3 atom stereocenters. The summed E-state index contributed by atoms with van der Waals surface area (Å²) in [5, 5.41) is -0.0496. The number of hydrogen-bond acceptors (Lipinski definition) is 1. The highest BCUT2D eigenvalue weighted by Gasteiger charge is 2.28. The predicted molar refractivity (Wildman–Crippen MR) is 100 cm³/mol. The Labute approximate surface area is 145 Å². The average molecular weight is 320 g/mol. The predicted octanol–water partition coefficient (Wildman–Crippen LogP) is 4.86. The van der Waals surface area contributed by atoms with Crippen LogP contribution in [0.3, 0.4) is 0 Å². The van der Waals surface area contributed by atoms with Crippen LogP contribution in [0.2, 0.25) is 5.31 Å². The summed E-state index contributed by atoms with van der Waals surface area (Å²) in [6.07, 6.45) is 9.71. The summed E-state index contributed by atoms with van der Waals surface area (Å²) < 4.78 is 0. The summed E-state index contributed by atoms with van der Waals surface area (Å²) in [5.41, 5.74) is 0. The van der Waals surface area contributed by atoms with Crippen molar-refractivity contribution in [3.63, 3.8) is 0 Å². The maximum absolute atomic E-state index is 12.5. The summed E-state index contributed by atoms with van der Waals surface area (Å²) in [6.45, 7) is 8.48. The van der Waals surface area contributed by atoms with Gasteiger partial charge in [0.1, 0.15) is 0 Å². The van der Waals surface area contributed by atoms with Crippen LogP contribution in [-0.2, 0) is 0 Å². The molecule has 3 nitrogen and oxygen atoms in total. The van der Waals surface area contributed by atoms with E-state index in [1.807, 2.05) is 23.9 Å². The van der Waals surface area contributed by atoms with Gasteiger partial charge in [-0.3, -0.25) is 0 Å². The number of carbonyl (C=O) groups excluding carboxylic acids is 1. The Kier molecular flexibility index (Phi) is 7.96. The molecule has 0 aromatic rings. The normalized spacial score (nSPS) is 27.7. The number of carbonyl (C=O) groups is 1. The lowest BCUT2D eigenvalue weighted by Crippen LogP contribution is -2.46. The zero-order valence-electron chi connectivity index (χ0n) is 16.3. The monoisotopic (exact) mass is 320 g/mol. The number of amides is 2. The Balaban J connectivity index is 2.64. The van der Waals surface area contributed by atoms with Crippen LogP contribution < -0.4 is 0 Å². The van der Waals surface area contributed by atoms with Crippen molar-refractivity contribution in [3.05, 3.63) is 0 Å². The highest BCUT2D eigenvalue weighted by atomic mass is 16.2. The number of urea groups is 1. The molecule has 0 aromatic heterocycles. The van der Waals surface area contributed by atoms with Crippen molar-refractivity contribution in [2.75, 3.05) is 14.1 Å². The lowest BCUT2D eigenvalue weighted by Gasteiger charge is -2.35.